The normalized spacial score (nSPS) is 37.9. The predicted octanol–water partition coefficient (Wildman–Crippen LogP) is 1.18. The predicted molar refractivity (Wildman–Crippen MR) is 87.8 cm³/mol. The van der Waals surface area contributed by atoms with E-state index in [4.69, 9.17) is 0 Å². The first-order valence-corrected chi connectivity index (χ1v) is 9.44. The zero-order chi connectivity index (χ0) is 16.4. The highest BCUT2D eigenvalue weighted by Gasteiger charge is 2.37. The van der Waals surface area contributed by atoms with E-state index in [2.05, 4.69) is 22.9 Å². The Balaban J connectivity index is 1.45. The molecule has 3 rings (SSSR count). The van der Waals surface area contributed by atoms with Crippen LogP contribution in [0.15, 0.2) is 0 Å². The van der Waals surface area contributed by atoms with Gasteiger partial charge in [-0.1, -0.05) is 0 Å². The maximum Gasteiger partial charge on any atom is 0.316 e. The SMILES string of the molecule is CC1CSC(NC(=O)NC2CC(=O)N(C3CCC(F)CC3)C2)N1. The monoisotopic (exact) mass is 344 g/mol. The zero-order valence-electron chi connectivity index (χ0n) is 13.4. The molecular weight excluding hydrogens is 319 g/mol. The first kappa shape index (κ1) is 16.8. The molecule has 2 heterocycles. The van der Waals surface area contributed by atoms with Crippen LogP contribution in [-0.4, -0.2) is 58.9 Å². The van der Waals surface area contributed by atoms with Gasteiger partial charge in [0.15, 0.2) is 0 Å². The van der Waals surface area contributed by atoms with Crippen LogP contribution >= 0.6 is 11.8 Å². The lowest BCUT2D eigenvalue weighted by molar-refractivity contribution is -0.130. The van der Waals surface area contributed by atoms with Crippen LogP contribution in [0.4, 0.5) is 9.18 Å². The summed E-state index contributed by atoms with van der Waals surface area (Å²) in [5.74, 6) is 1.04. The summed E-state index contributed by atoms with van der Waals surface area (Å²) in [6.45, 7) is 2.61. The van der Waals surface area contributed by atoms with Gasteiger partial charge in [-0.05, 0) is 32.6 Å². The highest BCUT2D eigenvalue weighted by molar-refractivity contribution is 8.00. The minimum Gasteiger partial charge on any atom is -0.338 e. The van der Waals surface area contributed by atoms with Crippen molar-refractivity contribution in [3.8, 4) is 0 Å². The molecule has 130 valence electrons. The van der Waals surface area contributed by atoms with Gasteiger partial charge in [0.1, 0.15) is 11.7 Å². The van der Waals surface area contributed by atoms with Crippen LogP contribution in [0.3, 0.4) is 0 Å². The molecule has 0 aromatic rings. The summed E-state index contributed by atoms with van der Waals surface area (Å²) in [5.41, 5.74) is -0.0713. The molecule has 1 aliphatic carbocycles. The van der Waals surface area contributed by atoms with Crippen molar-refractivity contribution in [2.75, 3.05) is 12.3 Å². The van der Waals surface area contributed by atoms with Crippen molar-refractivity contribution in [2.24, 2.45) is 0 Å². The van der Waals surface area contributed by atoms with Crippen molar-refractivity contribution in [3.63, 3.8) is 0 Å². The van der Waals surface area contributed by atoms with E-state index in [0.29, 0.717) is 31.8 Å². The molecule has 0 spiro atoms. The number of likely N-dealkylation sites (tertiary alicyclic amines) is 1. The van der Waals surface area contributed by atoms with Crippen molar-refractivity contribution in [3.05, 3.63) is 0 Å². The van der Waals surface area contributed by atoms with Crippen molar-refractivity contribution in [1.82, 2.24) is 20.9 Å². The Morgan fingerprint density at radius 2 is 2.04 bits per heavy atom. The van der Waals surface area contributed by atoms with E-state index in [9.17, 15) is 14.0 Å². The largest absolute Gasteiger partial charge is 0.338 e. The molecule has 3 N–H and O–H groups in total. The van der Waals surface area contributed by atoms with Crippen molar-refractivity contribution in [2.45, 2.75) is 68.8 Å². The van der Waals surface area contributed by atoms with Gasteiger partial charge in [-0.25, -0.2) is 9.18 Å². The molecule has 2 aliphatic heterocycles. The number of halogens is 1. The number of alkyl halides is 1. The van der Waals surface area contributed by atoms with Crippen LogP contribution in [0, 0.1) is 0 Å². The van der Waals surface area contributed by atoms with E-state index in [1.165, 1.54) is 0 Å². The van der Waals surface area contributed by atoms with Crippen LogP contribution in [0.1, 0.15) is 39.0 Å². The van der Waals surface area contributed by atoms with Gasteiger partial charge in [-0.15, -0.1) is 11.8 Å². The lowest BCUT2D eigenvalue weighted by atomic mass is 9.93. The van der Waals surface area contributed by atoms with Crippen LogP contribution in [0.2, 0.25) is 0 Å². The van der Waals surface area contributed by atoms with Gasteiger partial charge < -0.3 is 15.5 Å². The third-order valence-corrected chi connectivity index (χ3v) is 6.05. The number of nitrogens with zero attached hydrogens (tertiary/aromatic N) is 1. The van der Waals surface area contributed by atoms with E-state index in [-0.39, 0.29) is 29.5 Å². The van der Waals surface area contributed by atoms with Crippen molar-refractivity contribution >= 4 is 23.7 Å². The van der Waals surface area contributed by atoms with E-state index >= 15 is 0 Å². The maximum absolute atomic E-state index is 13.2. The molecule has 0 bridgehead atoms. The summed E-state index contributed by atoms with van der Waals surface area (Å²) in [6, 6.07) is 0.127. The van der Waals surface area contributed by atoms with Gasteiger partial charge in [-0.3, -0.25) is 10.1 Å². The number of thioether (sulfide) groups is 1. The zero-order valence-corrected chi connectivity index (χ0v) is 14.2. The number of nitrogens with one attached hydrogen (secondary N) is 3. The van der Waals surface area contributed by atoms with Gasteiger partial charge in [0.05, 0.1) is 6.04 Å². The van der Waals surface area contributed by atoms with Crippen LogP contribution in [0.5, 0.6) is 0 Å². The fraction of sp³-hybridized carbons (Fsp3) is 0.867. The average Bonchev–Trinajstić information content (AvgIpc) is 3.06. The molecule has 6 nitrogen and oxygen atoms in total. The smallest absolute Gasteiger partial charge is 0.316 e. The molecule has 3 aliphatic rings. The summed E-state index contributed by atoms with van der Waals surface area (Å²) in [6.07, 6.45) is 2.15. The Kier molecular flexibility index (Phi) is 5.31. The van der Waals surface area contributed by atoms with Crippen molar-refractivity contribution < 1.29 is 14.0 Å². The molecule has 0 aromatic heterocycles. The van der Waals surface area contributed by atoms with Gasteiger partial charge in [-0.2, -0.15) is 0 Å². The number of rotatable bonds is 3. The maximum atomic E-state index is 13.2. The van der Waals surface area contributed by atoms with Crippen LogP contribution in [0.25, 0.3) is 0 Å². The Morgan fingerprint density at radius 3 is 2.70 bits per heavy atom. The highest BCUT2D eigenvalue weighted by atomic mass is 32.2. The molecule has 3 amide bonds. The molecule has 2 saturated heterocycles. The number of urea groups is 1. The Hall–Kier alpha value is -1.02. The molecular formula is C15H25FN4O2S. The quantitative estimate of drug-likeness (QED) is 0.719. The first-order chi connectivity index (χ1) is 11.0. The van der Waals surface area contributed by atoms with Gasteiger partial charge in [0, 0.05) is 30.8 Å². The Labute approximate surface area is 140 Å². The third-order valence-electron chi connectivity index (χ3n) is 4.77. The Morgan fingerprint density at radius 1 is 1.30 bits per heavy atom. The second kappa shape index (κ2) is 7.25. The highest BCUT2D eigenvalue weighted by Crippen LogP contribution is 2.28. The van der Waals surface area contributed by atoms with Gasteiger partial charge in [0.25, 0.3) is 0 Å². The summed E-state index contributed by atoms with van der Waals surface area (Å²) < 4.78 is 13.2. The van der Waals surface area contributed by atoms with E-state index in [1.807, 2.05) is 4.90 Å². The van der Waals surface area contributed by atoms with E-state index in [1.54, 1.807) is 11.8 Å². The summed E-state index contributed by atoms with van der Waals surface area (Å²) >= 11 is 1.66. The van der Waals surface area contributed by atoms with E-state index < -0.39 is 6.17 Å². The number of hydrogen-bond acceptors (Lipinski definition) is 4. The number of carbonyl (C=O) groups is 2. The molecule has 0 radical (unpaired) electrons. The lowest BCUT2D eigenvalue weighted by Crippen LogP contribution is -2.50. The second-order valence-corrected chi connectivity index (χ2v) is 7.89. The minimum absolute atomic E-state index is 0.0691. The average molecular weight is 344 g/mol. The first-order valence-electron chi connectivity index (χ1n) is 8.39. The fourth-order valence-corrected chi connectivity index (χ4v) is 4.65. The molecule has 8 heteroatoms. The van der Waals surface area contributed by atoms with Crippen LogP contribution in [-0.2, 0) is 4.79 Å². The molecule has 3 unspecified atom stereocenters. The molecule has 3 fully saturated rings. The summed E-state index contributed by atoms with van der Waals surface area (Å²) in [7, 11) is 0. The third kappa shape index (κ3) is 4.29. The summed E-state index contributed by atoms with van der Waals surface area (Å²) in [5, 5.41) is 9.02. The van der Waals surface area contributed by atoms with Gasteiger partial charge in [0.2, 0.25) is 5.91 Å². The number of hydrogen-bond donors (Lipinski definition) is 3. The second-order valence-electron chi connectivity index (χ2n) is 6.75. The number of amides is 3. The standard InChI is InChI=1S/C15H25FN4O2S/c1-9-8-23-15(17-9)19-14(22)18-11-6-13(21)20(7-11)12-4-2-10(16)3-5-12/h9-12,15,17H,2-8H2,1H3,(H2,18,19,22). The van der Waals surface area contributed by atoms with Crippen LogP contribution < -0.4 is 16.0 Å². The molecule has 23 heavy (non-hydrogen) atoms. The Bertz CT molecular complexity index is 459. The topological polar surface area (TPSA) is 73.5 Å². The lowest BCUT2D eigenvalue weighted by Gasteiger charge is -2.32. The number of carbonyl (C=O) groups excluding carboxylic acids is 2. The molecule has 1 saturated carbocycles. The van der Waals surface area contributed by atoms with Crippen molar-refractivity contribution in [1.29, 1.82) is 0 Å². The van der Waals surface area contributed by atoms with E-state index in [0.717, 1.165) is 18.6 Å². The van der Waals surface area contributed by atoms with Gasteiger partial charge >= 0.3 is 6.03 Å². The fourth-order valence-electron chi connectivity index (χ4n) is 3.55. The minimum atomic E-state index is -0.720. The summed E-state index contributed by atoms with van der Waals surface area (Å²) in [4.78, 5) is 26.1. The molecule has 0 aromatic carbocycles. The molecule has 3 atom stereocenters.